The number of carbonyl (C=O) groups is 2. The number of carbonyl (C=O) groups excluding carboxylic acids is 2. The van der Waals surface area contributed by atoms with Crippen LogP contribution in [0.4, 0.5) is 5.69 Å². The highest BCUT2D eigenvalue weighted by molar-refractivity contribution is 8.00. The predicted octanol–water partition coefficient (Wildman–Crippen LogP) is 5.88. The van der Waals surface area contributed by atoms with Gasteiger partial charge in [-0.25, -0.2) is 9.97 Å². The number of nitrogens with one attached hydrogen (secondary N) is 1. The third-order valence-electron chi connectivity index (χ3n) is 4.57. The van der Waals surface area contributed by atoms with Crippen molar-refractivity contribution < 1.29 is 9.59 Å². The van der Waals surface area contributed by atoms with Gasteiger partial charge in [-0.15, -0.1) is 0 Å². The molecule has 4 rings (SSSR count). The van der Waals surface area contributed by atoms with E-state index >= 15 is 0 Å². The van der Waals surface area contributed by atoms with Gasteiger partial charge < -0.3 is 5.32 Å². The number of thioether (sulfide) groups is 1. The van der Waals surface area contributed by atoms with Crippen molar-refractivity contribution in [3.8, 4) is 11.4 Å². The Balaban J connectivity index is 1.56. The smallest absolute Gasteiger partial charge is 0.234 e. The van der Waals surface area contributed by atoms with Crippen LogP contribution in [0, 0.1) is 0 Å². The molecule has 1 aromatic heterocycles. The van der Waals surface area contributed by atoms with Crippen LogP contribution in [0.2, 0.25) is 5.02 Å². The Morgan fingerprint density at radius 3 is 2.42 bits per heavy atom. The Morgan fingerprint density at radius 1 is 0.968 bits per heavy atom. The average molecular weight is 448 g/mol. The van der Waals surface area contributed by atoms with Crippen LogP contribution in [-0.4, -0.2) is 27.4 Å². The lowest BCUT2D eigenvalue weighted by molar-refractivity contribution is -0.113. The maximum Gasteiger partial charge on any atom is 0.234 e. The van der Waals surface area contributed by atoms with E-state index in [0.29, 0.717) is 27.1 Å². The molecule has 1 N–H and O–H groups in total. The molecule has 1 amide bonds. The Kier molecular flexibility index (Phi) is 6.30. The Hall–Kier alpha value is -3.22. The van der Waals surface area contributed by atoms with E-state index in [-0.39, 0.29) is 17.4 Å². The van der Waals surface area contributed by atoms with Crippen molar-refractivity contribution in [2.24, 2.45) is 0 Å². The van der Waals surface area contributed by atoms with Gasteiger partial charge in [-0.05, 0) is 49.4 Å². The number of rotatable bonds is 6. The molecule has 0 radical (unpaired) electrons. The zero-order valence-electron chi connectivity index (χ0n) is 16.6. The second kappa shape index (κ2) is 9.29. The van der Waals surface area contributed by atoms with Gasteiger partial charge in [0.05, 0.1) is 11.3 Å². The minimum Gasteiger partial charge on any atom is -0.325 e. The Morgan fingerprint density at radius 2 is 1.71 bits per heavy atom. The van der Waals surface area contributed by atoms with Gasteiger partial charge in [0.25, 0.3) is 0 Å². The molecule has 0 aliphatic rings. The topological polar surface area (TPSA) is 72.0 Å². The molecule has 4 aromatic rings. The summed E-state index contributed by atoms with van der Waals surface area (Å²) < 4.78 is 0. The summed E-state index contributed by atoms with van der Waals surface area (Å²) in [6.45, 7) is 1.51. The van der Waals surface area contributed by atoms with E-state index in [4.69, 9.17) is 16.6 Å². The lowest BCUT2D eigenvalue weighted by Gasteiger charge is -2.10. The quantitative estimate of drug-likeness (QED) is 0.227. The molecule has 1 heterocycles. The molecule has 3 aromatic carbocycles. The zero-order valence-corrected chi connectivity index (χ0v) is 18.2. The number of amides is 1. The lowest BCUT2D eigenvalue weighted by Crippen LogP contribution is -2.14. The summed E-state index contributed by atoms with van der Waals surface area (Å²) >= 11 is 7.51. The number of anilines is 1. The number of ketones is 1. The molecule has 0 spiro atoms. The van der Waals surface area contributed by atoms with Gasteiger partial charge in [-0.2, -0.15) is 0 Å². The van der Waals surface area contributed by atoms with Gasteiger partial charge in [0.2, 0.25) is 5.91 Å². The van der Waals surface area contributed by atoms with E-state index < -0.39 is 0 Å². The third kappa shape index (κ3) is 5.10. The molecule has 0 unspecified atom stereocenters. The summed E-state index contributed by atoms with van der Waals surface area (Å²) in [5.41, 5.74) is 2.90. The maximum absolute atomic E-state index is 12.5. The van der Waals surface area contributed by atoms with Crippen LogP contribution in [0.25, 0.3) is 22.3 Å². The highest BCUT2D eigenvalue weighted by atomic mass is 35.5. The van der Waals surface area contributed by atoms with Gasteiger partial charge in [0, 0.05) is 27.2 Å². The Bertz CT molecular complexity index is 1260. The molecule has 0 aliphatic carbocycles. The molecule has 154 valence electrons. The number of Topliss-reactive ketones (excluding diaryl/α,β-unsaturated/α-hetero) is 1. The number of hydrogen-bond donors (Lipinski definition) is 1. The number of benzene rings is 3. The van der Waals surface area contributed by atoms with Crippen LogP contribution in [0.15, 0.2) is 77.8 Å². The second-order valence-corrected chi connectivity index (χ2v) is 8.25. The van der Waals surface area contributed by atoms with Crippen molar-refractivity contribution >= 4 is 51.6 Å². The first kappa shape index (κ1) is 21.0. The average Bonchev–Trinajstić information content (AvgIpc) is 2.78. The van der Waals surface area contributed by atoms with E-state index in [1.54, 1.807) is 30.3 Å². The van der Waals surface area contributed by atoms with Crippen molar-refractivity contribution in [1.29, 1.82) is 0 Å². The highest BCUT2D eigenvalue weighted by Crippen LogP contribution is 2.30. The standard InChI is InChI=1S/C24H18ClN3O2S/c1-15(29)16-7-10-19(11-8-16)26-22(30)14-31-24-20-13-18(25)9-12-21(20)27-23(28-24)17-5-3-2-4-6-17/h2-13H,14H2,1H3,(H,26,30). The fraction of sp³-hybridized carbons (Fsp3) is 0.0833. The van der Waals surface area contributed by atoms with Crippen molar-refractivity contribution in [2.45, 2.75) is 11.9 Å². The van der Waals surface area contributed by atoms with Crippen LogP contribution >= 0.6 is 23.4 Å². The zero-order chi connectivity index (χ0) is 21.8. The van der Waals surface area contributed by atoms with E-state index in [2.05, 4.69) is 10.3 Å². The largest absolute Gasteiger partial charge is 0.325 e. The van der Waals surface area contributed by atoms with Gasteiger partial charge >= 0.3 is 0 Å². The summed E-state index contributed by atoms with van der Waals surface area (Å²) in [6, 6.07) is 22.0. The lowest BCUT2D eigenvalue weighted by atomic mass is 10.1. The summed E-state index contributed by atoms with van der Waals surface area (Å²) in [5.74, 6) is 0.576. The van der Waals surface area contributed by atoms with Crippen molar-refractivity contribution in [3.63, 3.8) is 0 Å². The molecule has 31 heavy (non-hydrogen) atoms. The number of nitrogens with zero attached hydrogens (tertiary/aromatic N) is 2. The first-order valence-electron chi connectivity index (χ1n) is 9.56. The van der Waals surface area contributed by atoms with Gasteiger partial charge in [0.15, 0.2) is 11.6 Å². The van der Waals surface area contributed by atoms with Crippen molar-refractivity contribution in [3.05, 3.63) is 83.4 Å². The summed E-state index contributed by atoms with van der Waals surface area (Å²) in [6.07, 6.45) is 0. The monoisotopic (exact) mass is 447 g/mol. The SMILES string of the molecule is CC(=O)c1ccc(NC(=O)CSc2nc(-c3ccccc3)nc3ccc(Cl)cc23)cc1. The summed E-state index contributed by atoms with van der Waals surface area (Å²) in [7, 11) is 0. The number of hydrogen-bond acceptors (Lipinski definition) is 5. The third-order valence-corrected chi connectivity index (χ3v) is 5.80. The minimum absolute atomic E-state index is 0.0167. The first-order chi connectivity index (χ1) is 15.0. The van der Waals surface area contributed by atoms with Crippen molar-refractivity contribution in [1.82, 2.24) is 9.97 Å². The molecule has 5 nitrogen and oxygen atoms in total. The van der Waals surface area contributed by atoms with E-state index in [9.17, 15) is 9.59 Å². The van der Waals surface area contributed by atoms with Gasteiger partial charge in [-0.3, -0.25) is 9.59 Å². The molecular formula is C24H18ClN3O2S. The number of halogens is 1. The fourth-order valence-electron chi connectivity index (χ4n) is 3.02. The van der Waals surface area contributed by atoms with E-state index in [0.717, 1.165) is 16.5 Å². The van der Waals surface area contributed by atoms with Crippen LogP contribution in [0.5, 0.6) is 0 Å². The Labute approximate surface area is 188 Å². The minimum atomic E-state index is -0.171. The summed E-state index contributed by atoms with van der Waals surface area (Å²) in [4.78, 5) is 33.2. The van der Waals surface area contributed by atoms with Gasteiger partial charge in [-0.1, -0.05) is 53.7 Å². The van der Waals surface area contributed by atoms with Crippen LogP contribution in [-0.2, 0) is 4.79 Å². The first-order valence-corrected chi connectivity index (χ1v) is 10.9. The van der Waals surface area contributed by atoms with Crippen LogP contribution < -0.4 is 5.32 Å². The highest BCUT2D eigenvalue weighted by Gasteiger charge is 2.13. The van der Waals surface area contributed by atoms with E-state index in [1.165, 1.54) is 18.7 Å². The number of fused-ring (bicyclic) bond motifs is 1. The second-order valence-electron chi connectivity index (χ2n) is 6.85. The molecule has 0 atom stereocenters. The molecule has 0 aliphatic heterocycles. The predicted molar refractivity (Wildman–Crippen MR) is 126 cm³/mol. The van der Waals surface area contributed by atoms with Crippen molar-refractivity contribution in [2.75, 3.05) is 11.1 Å². The summed E-state index contributed by atoms with van der Waals surface area (Å²) in [5, 5.41) is 4.92. The van der Waals surface area contributed by atoms with Crippen LogP contribution in [0.1, 0.15) is 17.3 Å². The number of aromatic nitrogens is 2. The molecule has 7 heteroatoms. The molecule has 0 bridgehead atoms. The maximum atomic E-state index is 12.5. The molecular weight excluding hydrogens is 430 g/mol. The molecule has 0 fully saturated rings. The normalized spacial score (nSPS) is 10.8. The molecule has 0 saturated carbocycles. The van der Waals surface area contributed by atoms with E-state index in [1.807, 2.05) is 42.5 Å². The fourth-order valence-corrected chi connectivity index (χ4v) is 4.00. The molecule has 0 saturated heterocycles. The van der Waals surface area contributed by atoms with Crippen LogP contribution in [0.3, 0.4) is 0 Å². The van der Waals surface area contributed by atoms with Gasteiger partial charge in [0.1, 0.15) is 5.03 Å².